The number of urea groups is 1. The summed E-state index contributed by atoms with van der Waals surface area (Å²) in [6.45, 7) is 7.74. The topological polar surface area (TPSA) is 84.7 Å². The van der Waals surface area contributed by atoms with Gasteiger partial charge in [0.15, 0.2) is 0 Å². The molecule has 2 aromatic rings. The fourth-order valence-corrected chi connectivity index (χ4v) is 4.22. The zero-order chi connectivity index (χ0) is 26.1. The molecule has 1 aromatic heterocycles. The Labute approximate surface area is 226 Å². The number of amides is 3. The summed E-state index contributed by atoms with van der Waals surface area (Å²) < 4.78 is 6.90. The quantitative estimate of drug-likeness (QED) is 0.189. The van der Waals surface area contributed by atoms with Gasteiger partial charge >= 0.3 is 12.0 Å². The predicted octanol–water partition coefficient (Wildman–Crippen LogP) is 5.69. The SMILES string of the molecule is CCCCc1ncc(/C=C2/C(=O)N(CCCC)C(=O)N2CCCC)n1Cc1ccc(C(=O)OC)cc1.Cl. The monoisotopic (exact) mass is 530 g/mol. The van der Waals surface area contributed by atoms with Crippen LogP contribution in [0.4, 0.5) is 4.79 Å². The highest BCUT2D eigenvalue weighted by Crippen LogP contribution is 2.26. The first-order valence-electron chi connectivity index (χ1n) is 13.0. The van der Waals surface area contributed by atoms with E-state index in [1.807, 2.05) is 25.1 Å². The number of carbonyl (C=O) groups excluding carboxylic acids is 3. The summed E-state index contributed by atoms with van der Waals surface area (Å²) in [7, 11) is 1.36. The Morgan fingerprint density at radius 2 is 1.57 bits per heavy atom. The van der Waals surface area contributed by atoms with Gasteiger partial charge in [-0.2, -0.15) is 0 Å². The van der Waals surface area contributed by atoms with Crippen LogP contribution in [-0.4, -0.2) is 57.5 Å². The van der Waals surface area contributed by atoms with Crippen molar-refractivity contribution < 1.29 is 19.1 Å². The third kappa shape index (κ3) is 7.22. The van der Waals surface area contributed by atoms with Crippen LogP contribution in [0.3, 0.4) is 0 Å². The molecule has 37 heavy (non-hydrogen) atoms. The molecule has 3 rings (SSSR count). The number of hydrogen-bond donors (Lipinski definition) is 0. The van der Waals surface area contributed by atoms with Crippen molar-refractivity contribution in [2.24, 2.45) is 0 Å². The van der Waals surface area contributed by atoms with Gasteiger partial charge < -0.3 is 9.30 Å². The fourth-order valence-electron chi connectivity index (χ4n) is 4.22. The molecule has 0 radical (unpaired) electrons. The van der Waals surface area contributed by atoms with Gasteiger partial charge in [0.2, 0.25) is 0 Å². The van der Waals surface area contributed by atoms with Crippen LogP contribution in [0.5, 0.6) is 0 Å². The Morgan fingerprint density at radius 1 is 0.946 bits per heavy atom. The molecule has 0 atom stereocenters. The number of ether oxygens (including phenoxy) is 1. The molecule has 0 saturated carbocycles. The number of halogens is 1. The minimum Gasteiger partial charge on any atom is -0.465 e. The molecule has 1 fully saturated rings. The van der Waals surface area contributed by atoms with E-state index in [2.05, 4.69) is 23.4 Å². The minimum absolute atomic E-state index is 0. The van der Waals surface area contributed by atoms with Gasteiger partial charge in [-0.25, -0.2) is 14.6 Å². The average Bonchev–Trinajstić information content (AvgIpc) is 3.37. The van der Waals surface area contributed by atoms with Gasteiger partial charge in [0, 0.05) is 26.1 Å². The maximum Gasteiger partial charge on any atom is 0.337 e. The third-order valence-electron chi connectivity index (χ3n) is 6.41. The number of aromatic nitrogens is 2. The molecule has 0 spiro atoms. The van der Waals surface area contributed by atoms with Gasteiger partial charge in [0.25, 0.3) is 5.91 Å². The molecule has 202 valence electrons. The number of rotatable bonds is 13. The second-order valence-corrected chi connectivity index (χ2v) is 9.11. The zero-order valence-electron chi connectivity index (χ0n) is 22.4. The molecule has 0 N–H and O–H groups in total. The number of imidazole rings is 1. The first kappa shape index (κ1) is 30.1. The van der Waals surface area contributed by atoms with E-state index in [-0.39, 0.29) is 30.3 Å². The summed E-state index contributed by atoms with van der Waals surface area (Å²) in [6, 6.07) is 7.07. The predicted molar refractivity (Wildman–Crippen MR) is 147 cm³/mol. The summed E-state index contributed by atoms with van der Waals surface area (Å²) in [5.41, 5.74) is 2.69. The molecule has 1 saturated heterocycles. The fraction of sp³-hybridized carbons (Fsp3) is 0.500. The van der Waals surface area contributed by atoms with E-state index >= 15 is 0 Å². The van der Waals surface area contributed by atoms with Gasteiger partial charge in [-0.1, -0.05) is 52.2 Å². The first-order valence-corrected chi connectivity index (χ1v) is 13.0. The van der Waals surface area contributed by atoms with Crippen LogP contribution < -0.4 is 0 Å². The van der Waals surface area contributed by atoms with Gasteiger partial charge in [0.05, 0.1) is 24.6 Å². The second-order valence-electron chi connectivity index (χ2n) is 9.11. The summed E-state index contributed by atoms with van der Waals surface area (Å²) in [4.78, 5) is 45.9. The number of methoxy groups -OCH3 is 1. The van der Waals surface area contributed by atoms with Crippen molar-refractivity contribution in [1.82, 2.24) is 19.4 Å². The van der Waals surface area contributed by atoms with Crippen LogP contribution in [0, 0.1) is 0 Å². The van der Waals surface area contributed by atoms with Gasteiger partial charge in [0.1, 0.15) is 11.5 Å². The average molecular weight is 531 g/mol. The Morgan fingerprint density at radius 3 is 2.16 bits per heavy atom. The Kier molecular flexibility index (Phi) is 11.9. The Bertz CT molecular complexity index is 1090. The van der Waals surface area contributed by atoms with Gasteiger partial charge in [-0.3, -0.25) is 14.6 Å². The minimum atomic E-state index is -0.373. The lowest BCUT2D eigenvalue weighted by Gasteiger charge is -2.17. The molecule has 1 aliphatic heterocycles. The van der Waals surface area contributed by atoms with E-state index in [1.165, 1.54) is 12.0 Å². The number of nitrogens with zero attached hydrogens (tertiary/aromatic N) is 4. The third-order valence-corrected chi connectivity index (χ3v) is 6.41. The molecule has 8 nitrogen and oxygen atoms in total. The van der Waals surface area contributed by atoms with Crippen molar-refractivity contribution in [3.8, 4) is 0 Å². The summed E-state index contributed by atoms with van der Waals surface area (Å²) in [5, 5.41) is 0. The maximum atomic E-state index is 13.3. The summed E-state index contributed by atoms with van der Waals surface area (Å²) in [5.74, 6) is 0.317. The largest absolute Gasteiger partial charge is 0.465 e. The van der Waals surface area contributed by atoms with Gasteiger partial charge in [-0.15, -0.1) is 12.4 Å². The van der Waals surface area contributed by atoms with Crippen LogP contribution in [-0.2, 0) is 22.5 Å². The molecule has 0 unspecified atom stereocenters. The molecule has 2 heterocycles. The standard InChI is InChI=1S/C28H38N4O4.ClH/c1-5-8-11-25-29-19-23(32(25)20-21-12-14-22(15-13-21)27(34)36-4)18-24-26(33)31(17-10-7-3)28(35)30(24)16-9-6-2;/h12-15,18-19H,5-11,16-17,20H2,1-4H3;1H/b24-18-;. The van der Waals surface area contributed by atoms with Crippen molar-refractivity contribution in [2.45, 2.75) is 72.3 Å². The Hall–Kier alpha value is -3.13. The van der Waals surface area contributed by atoms with Crippen LogP contribution >= 0.6 is 12.4 Å². The lowest BCUT2D eigenvalue weighted by atomic mass is 10.1. The van der Waals surface area contributed by atoms with Crippen LogP contribution in [0.1, 0.15) is 86.7 Å². The second kappa shape index (κ2) is 14.6. The van der Waals surface area contributed by atoms with E-state index in [1.54, 1.807) is 23.2 Å². The molecular weight excluding hydrogens is 492 g/mol. The molecule has 1 aliphatic rings. The lowest BCUT2D eigenvalue weighted by molar-refractivity contribution is -0.123. The molecule has 3 amide bonds. The highest BCUT2D eigenvalue weighted by molar-refractivity contribution is 6.13. The number of unbranched alkanes of at least 4 members (excludes halogenated alkanes) is 3. The normalized spacial score (nSPS) is 14.4. The van der Waals surface area contributed by atoms with Crippen molar-refractivity contribution in [1.29, 1.82) is 0 Å². The number of aryl methyl sites for hydroxylation is 1. The van der Waals surface area contributed by atoms with Crippen molar-refractivity contribution >= 4 is 36.4 Å². The van der Waals surface area contributed by atoms with Crippen molar-refractivity contribution in [3.63, 3.8) is 0 Å². The first-order chi connectivity index (χ1) is 17.4. The van der Waals surface area contributed by atoms with E-state index < -0.39 is 0 Å². The zero-order valence-corrected chi connectivity index (χ0v) is 23.2. The Balaban J connectivity index is 0.00000481. The molecule has 1 aromatic carbocycles. The van der Waals surface area contributed by atoms with Crippen molar-refractivity contribution in [3.05, 3.63) is 58.8 Å². The highest BCUT2D eigenvalue weighted by atomic mass is 35.5. The van der Waals surface area contributed by atoms with Gasteiger partial charge in [-0.05, 0) is 43.0 Å². The highest BCUT2D eigenvalue weighted by Gasteiger charge is 2.40. The van der Waals surface area contributed by atoms with Crippen LogP contribution in [0.15, 0.2) is 36.2 Å². The molecule has 9 heteroatoms. The number of hydrogen-bond acceptors (Lipinski definition) is 5. The van der Waals surface area contributed by atoms with Crippen LogP contribution in [0.25, 0.3) is 6.08 Å². The molecule has 0 aliphatic carbocycles. The van der Waals surface area contributed by atoms with E-state index in [9.17, 15) is 14.4 Å². The lowest BCUT2D eigenvalue weighted by Crippen LogP contribution is -2.34. The number of carbonyl (C=O) groups is 3. The summed E-state index contributed by atoms with van der Waals surface area (Å²) in [6.07, 6.45) is 9.90. The number of benzene rings is 1. The van der Waals surface area contributed by atoms with E-state index in [0.29, 0.717) is 30.9 Å². The van der Waals surface area contributed by atoms with E-state index in [0.717, 1.165) is 62.0 Å². The van der Waals surface area contributed by atoms with Crippen LogP contribution in [0.2, 0.25) is 0 Å². The molecule has 0 bridgehead atoms. The molecular formula is C28H39ClN4O4. The number of esters is 1. The van der Waals surface area contributed by atoms with Crippen molar-refractivity contribution in [2.75, 3.05) is 20.2 Å². The maximum absolute atomic E-state index is 13.3. The van der Waals surface area contributed by atoms with E-state index in [4.69, 9.17) is 4.74 Å². The number of imide groups is 1. The smallest absolute Gasteiger partial charge is 0.337 e. The summed E-state index contributed by atoms with van der Waals surface area (Å²) >= 11 is 0.